The fraction of sp³-hybridized carbons (Fsp3) is 0.154. The molecular formula is C13H14N4O. The summed E-state index contributed by atoms with van der Waals surface area (Å²) in [5, 5.41) is 5.72. The standard InChI is InChI=1S/C13H14N4O/c1-9-7-10(5-6-15-9)17-13(18)12-4-3-11(14-2)8-16-12/h3-8,14H,1-2H3,(H,15,17,18). The molecule has 0 saturated heterocycles. The van der Waals surface area contributed by atoms with E-state index in [4.69, 9.17) is 0 Å². The van der Waals surface area contributed by atoms with Crippen LogP contribution in [0.1, 0.15) is 16.2 Å². The minimum Gasteiger partial charge on any atom is -0.387 e. The molecule has 2 aromatic heterocycles. The molecule has 18 heavy (non-hydrogen) atoms. The van der Waals surface area contributed by atoms with Crippen LogP contribution in [0.3, 0.4) is 0 Å². The zero-order chi connectivity index (χ0) is 13.0. The van der Waals surface area contributed by atoms with Crippen molar-refractivity contribution >= 4 is 17.3 Å². The molecule has 0 saturated carbocycles. The molecule has 0 fully saturated rings. The molecule has 2 aromatic rings. The van der Waals surface area contributed by atoms with Crippen LogP contribution in [0.25, 0.3) is 0 Å². The van der Waals surface area contributed by atoms with Crippen molar-refractivity contribution in [1.82, 2.24) is 9.97 Å². The van der Waals surface area contributed by atoms with Gasteiger partial charge in [0.2, 0.25) is 0 Å². The number of anilines is 2. The summed E-state index contributed by atoms with van der Waals surface area (Å²) in [6.45, 7) is 1.87. The summed E-state index contributed by atoms with van der Waals surface area (Å²) in [4.78, 5) is 20.1. The van der Waals surface area contributed by atoms with Gasteiger partial charge in [0.05, 0.1) is 11.9 Å². The lowest BCUT2D eigenvalue weighted by atomic mass is 10.3. The molecule has 0 unspecified atom stereocenters. The molecule has 0 aliphatic heterocycles. The Bertz CT molecular complexity index is 551. The van der Waals surface area contributed by atoms with Crippen LogP contribution in [-0.2, 0) is 0 Å². The molecule has 0 spiro atoms. The van der Waals surface area contributed by atoms with Crippen LogP contribution in [0.15, 0.2) is 36.7 Å². The zero-order valence-electron chi connectivity index (χ0n) is 10.3. The second kappa shape index (κ2) is 5.27. The highest BCUT2D eigenvalue weighted by Crippen LogP contribution is 2.10. The number of pyridine rings is 2. The lowest BCUT2D eigenvalue weighted by molar-refractivity contribution is 0.102. The Morgan fingerprint density at radius 1 is 1.17 bits per heavy atom. The molecule has 5 heteroatoms. The van der Waals surface area contributed by atoms with Gasteiger partial charge >= 0.3 is 0 Å². The predicted molar refractivity (Wildman–Crippen MR) is 70.7 cm³/mol. The number of amides is 1. The van der Waals surface area contributed by atoms with Crippen LogP contribution >= 0.6 is 0 Å². The number of nitrogens with one attached hydrogen (secondary N) is 2. The Balaban J connectivity index is 2.11. The Labute approximate surface area is 105 Å². The van der Waals surface area contributed by atoms with Crippen molar-refractivity contribution in [3.63, 3.8) is 0 Å². The number of aryl methyl sites for hydroxylation is 1. The summed E-state index contributed by atoms with van der Waals surface area (Å²) in [5.74, 6) is -0.233. The number of rotatable bonds is 3. The van der Waals surface area contributed by atoms with Gasteiger partial charge in [-0.2, -0.15) is 0 Å². The highest BCUT2D eigenvalue weighted by molar-refractivity contribution is 6.02. The molecular weight excluding hydrogens is 228 g/mol. The maximum absolute atomic E-state index is 11.9. The maximum Gasteiger partial charge on any atom is 0.274 e. The number of hydrogen-bond acceptors (Lipinski definition) is 4. The summed E-state index contributed by atoms with van der Waals surface area (Å²) in [6.07, 6.45) is 3.27. The first-order valence-corrected chi connectivity index (χ1v) is 5.57. The molecule has 92 valence electrons. The minimum atomic E-state index is -0.233. The summed E-state index contributed by atoms with van der Waals surface area (Å²) in [5.41, 5.74) is 2.81. The first kappa shape index (κ1) is 12.0. The van der Waals surface area contributed by atoms with Crippen molar-refractivity contribution in [3.05, 3.63) is 48.0 Å². The van der Waals surface area contributed by atoms with Gasteiger partial charge in [-0.15, -0.1) is 0 Å². The first-order chi connectivity index (χ1) is 8.69. The van der Waals surface area contributed by atoms with Gasteiger partial charge in [-0.1, -0.05) is 0 Å². The normalized spacial score (nSPS) is 9.89. The molecule has 0 atom stereocenters. The summed E-state index contributed by atoms with van der Waals surface area (Å²) in [7, 11) is 1.80. The molecule has 0 aliphatic rings. The molecule has 2 rings (SSSR count). The van der Waals surface area contributed by atoms with E-state index in [0.717, 1.165) is 11.4 Å². The van der Waals surface area contributed by atoms with Crippen molar-refractivity contribution in [1.29, 1.82) is 0 Å². The lowest BCUT2D eigenvalue weighted by Gasteiger charge is -2.05. The number of aromatic nitrogens is 2. The van der Waals surface area contributed by atoms with Gasteiger partial charge in [0.15, 0.2) is 0 Å². The smallest absolute Gasteiger partial charge is 0.274 e. The topological polar surface area (TPSA) is 66.9 Å². The SMILES string of the molecule is CNc1ccc(C(=O)Nc2ccnc(C)c2)nc1. The third-order valence-electron chi connectivity index (χ3n) is 2.44. The number of carbonyl (C=O) groups is 1. The Morgan fingerprint density at radius 3 is 2.61 bits per heavy atom. The molecule has 5 nitrogen and oxygen atoms in total. The van der Waals surface area contributed by atoms with Crippen LogP contribution < -0.4 is 10.6 Å². The largest absolute Gasteiger partial charge is 0.387 e. The fourth-order valence-electron chi connectivity index (χ4n) is 1.49. The van der Waals surface area contributed by atoms with E-state index in [2.05, 4.69) is 20.6 Å². The monoisotopic (exact) mass is 242 g/mol. The Hall–Kier alpha value is -2.43. The molecule has 0 radical (unpaired) electrons. The van der Waals surface area contributed by atoms with Gasteiger partial charge in [0, 0.05) is 24.6 Å². The van der Waals surface area contributed by atoms with E-state index in [-0.39, 0.29) is 5.91 Å². The minimum absolute atomic E-state index is 0.233. The average Bonchev–Trinajstić information content (AvgIpc) is 2.39. The number of hydrogen-bond donors (Lipinski definition) is 2. The second-order valence-electron chi connectivity index (χ2n) is 3.82. The Morgan fingerprint density at radius 2 is 2.00 bits per heavy atom. The Kier molecular flexibility index (Phi) is 3.52. The van der Waals surface area contributed by atoms with Crippen LogP contribution in [0, 0.1) is 6.92 Å². The fourth-order valence-corrected chi connectivity index (χ4v) is 1.49. The van der Waals surface area contributed by atoms with Crippen molar-refractivity contribution in [2.75, 3.05) is 17.7 Å². The van der Waals surface area contributed by atoms with E-state index in [0.29, 0.717) is 11.4 Å². The van der Waals surface area contributed by atoms with Gasteiger partial charge < -0.3 is 10.6 Å². The molecule has 0 aromatic carbocycles. The molecule has 0 aliphatic carbocycles. The molecule has 2 N–H and O–H groups in total. The second-order valence-corrected chi connectivity index (χ2v) is 3.82. The average molecular weight is 242 g/mol. The van der Waals surface area contributed by atoms with E-state index < -0.39 is 0 Å². The summed E-state index contributed by atoms with van der Waals surface area (Å²) < 4.78 is 0. The molecule has 1 amide bonds. The highest BCUT2D eigenvalue weighted by Gasteiger charge is 2.07. The van der Waals surface area contributed by atoms with E-state index in [9.17, 15) is 4.79 Å². The van der Waals surface area contributed by atoms with Gasteiger partial charge in [0.25, 0.3) is 5.91 Å². The summed E-state index contributed by atoms with van der Waals surface area (Å²) in [6, 6.07) is 7.03. The van der Waals surface area contributed by atoms with Crippen molar-refractivity contribution < 1.29 is 4.79 Å². The van der Waals surface area contributed by atoms with E-state index >= 15 is 0 Å². The van der Waals surface area contributed by atoms with Crippen LogP contribution in [0.5, 0.6) is 0 Å². The van der Waals surface area contributed by atoms with Crippen molar-refractivity contribution in [3.8, 4) is 0 Å². The predicted octanol–water partition coefficient (Wildman–Crippen LogP) is 2.08. The van der Waals surface area contributed by atoms with Crippen LogP contribution in [0.2, 0.25) is 0 Å². The third kappa shape index (κ3) is 2.82. The molecule has 0 bridgehead atoms. The van der Waals surface area contributed by atoms with E-state index in [1.54, 1.807) is 43.7 Å². The van der Waals surface area contributed by atoms with Crippen molar-refractivity contribution in [2.24, 2.45) is 0 Å². The van der Waals surface area contributed by atoms with Gasteiger partial charge in [-0.3, -0.25) is 9.78 Å². The summed E-state index contributed by atoms with van der Waals surface area (Å²) >= 11 is 0. The number of nitrogens with zero attached hydrogens (tertiary/aromatic N) is 2. The van der Waals surface area contributed by atoms with Crippen LogP contribution in [0.4, 0.5) is 11.4 Å². The van der Waals surface area contributed by atoms with Gasteiger partial charge in [-0.25, -0.2) is 4.98 Å². The highest BCUT2D eigenvalue weighted by atomic mass is 16.1. The first-order valence-electron chi connectivity index (χ1n) is 5.57. The zero-order valence-corrected chi connectivity index (χ0v) is 10.3. The number of carbonyl (C=O) groups excluding carboxylic acids is 1. The lowest BCUT2D eigenvalue weighted by Crippen LogP contribution is -2.13. The van der Waals surface area contributed by atoms with Gasteiger partial charge in [-0.05, 0) is 31.2 Å². The van der Waals surface area contributed by atoms with Gasteiger partial charge in [0.1, 0.15) is 5.69 Å². The van der Waals surface area contributed by atoms with E-state index in [1.165, 1.54) is 0 Å². The van der Waals surface area contributed by atoms with Crippen LogP contribution in [-0.4, -0.2) is 22.9 Å². The van der Waals surface area contributed by atoms with E-state index in [1.807, 2.05) is 6.92 Å². The van der Waals surface area contributed by atoms with Crippen molar-refractivity contribution in [2.45, 2.75) is 6.92 Å². The quantitative estimate of drug-likeness (QED) is 0.864. The molecule has 2 heterocycles. The maximum atomic E-state index is 11.9. The third-order valence-corrected chi connectivity index (χ3v) is 2.44.